The van der Waals surface area contributed by atoms with Gasteiger partial charge in [-0.15, -0.1) is 24.8 Å². The van der Waals surface area contributed by atoms with E-state index >= 15 is 0 Å². The Morgan fingerprint density at radius 1 is 0.857 bits per heavy atom. The molecule has 0 bridgehead atoms. The lowest BCUT2D eigenvalue weighted by Gasteiger charge is -2.37. The number of rotatable bonds is 1. The Labute approximate surface area is 151 Å². The molecule has 3 aliphatic heterocycles. The number of nitrogens with zero attached hydrogens (tertiary/aromatic N) is 1. The van der Waals surface area contributed by atoms with E-state index in [2.05, 4.69) is 33.7 Å². The fourth-order valence-electron chi connectivity index (χ4n) is 3.91. The van der Waals surface area contributed by atoms with Crippen molar-refractivity contribution < 1.29 is 0 Å². The zero-order valence-corrected chi connectivity index (χ0v) is 16.1. The molecule has 1 N–H and O–H groups in total. The van der Waals surface area contributed by atoms with Crippen molar-refractivity contribution in [2.45, 2.75) is 38.1 Å². The van der Waals surface area contributed by atoms with Crippen LogP contribution in [0.25, 0.3) is 0 Å². The van der Waals surface area contributed by atoms with Gasteiger partial charge in [-0.1, -0.05) is 0 Å². The number of hydrogen-bond donors (Lipinski definition) is 1. The Kier molecular flexibility index (Phi) is 9.78. The quantitative estimate of drug-likeness (QED) is 0.756. The zero-order valence-electron chi connectivity index (χ0n) is 12.8. The first kappa shape index (κ1) is 20.2. The third-order valence-electron chi connectivity index (χ3n) is 5.25. The smallest absolute Gasteiger partial charge is 0.0276 e. The predicted octanol–water partition coefficient (Wildman–Crippen LogP) is 3.53. The van der Waals surface area contributed by atoms with E-state index in [0.717, 1.165) is 6.04 Å². The van der Waals surface area contributed by atoms with Gasteiger partial charge < -0.3 is 5.32 Å². The molecule has 0 amide bonds. The third kappa shape index (κ3) is 5.65. The second-order valence-electron chi connectivity index (χ2n) is 6.44. The van der Waals surface area contributed by atoms with Crippen molar-refractivity contribution in [3.05, 3.63) is 0 Å². The van der Waals surface area contributed by atoms with Gasteiger partial charge in [-0.3, -0.25) is 4.90 Å². The van der Waals surface area contributed by atoms with Gasteiger partial charge in [0.2, 0.25) is 0 Å². The number of thioether (sulfide) groups is 2. The normalized spacial score (nSPS) is 28.0. The molecular formula is C15H30Cl2N2S2. The Balaban J connectivity index is 0.00000110. The Morgan fingerprint density at radius 3 is 2.19 bits per heavy atom. The van der Waals surface area contributed by atoms with Gasteiger partial charge in [0, 0.05) is 29.1 Å². The average molecular weight is 373 g/mol. The highest BCUT2D eigenvalue weighted by Gasteiger charge is 2.35. The van der Waals surface area contributed by atoms with E-state index in [1.54, 1.807) is 0 Å². The summed E-state index contributed by atoms with van der Waals surface area (Å²) in [7, 11) is 0. The number of likely N-dealkylation sites (tertiary alicyclic amines) is 1. The summed E-state index contributed by atoms with van der Waals surface area (Å²) in [5.41, 5.74) is 0.699. The molecule has 3 rings (SSSR count). The second-order valence-corrected chi connectivity index (χ2v) is 8.74. The molecule has 0 radical (unpaired) electrons. The van der Waals surface area contributed by atoms with Gasteiger partial charge in [-0.05, 0) is 63.7 Å². The van der Waals surface area contributed by atoms with Crippen molar-refractivity contribution in [3.63, 3.8) is 0 Å². The number of hydrogen-bond acceptors (Lipinski definition) is 4. The van der Waals surface area contributed by atoms with Crippen molar-refractivity contribution in [1.82, 2.24) is 10.2 Å². The highest BCUT2D eigenvalue weighted by molar-refractivity contribution is 8.03. The molecule has 2 nitrogen and oxygen atoms in total. The van der Waals surface area contributed by atoms with Crippen molar-refractivity contribution in [1.29, 1.82) is 0 Å². The van der Waals surface area contributed by atoms with Gasteiger partial charge >= 0.3 is 0 Å². The topological polar surface area (TPSA) is 15.3 Å². The highest BCUT2D eigenvalue weighted by atomic mass is 35.5. The first-order chi connectivity index (χ1) is 9.38. The molecule has 3 saturated heterocycles. The molecule has 126 valence electrons. The first-order valence-corrected chi connectivity index (χ1v) is 10.3. The molecule has 0 saturated carbocycles. The molecule has 1 spiro atoms. The van der Waals surface area contributed by atoms with E-state index < -0.39 is 0 Å². The summed E-state index contributed by atoms with van der Waals surface area (Å²) in [6.07, 6.45) is 7.23. The van der Waals surface area contributed by atoms with Crippen LogP contribution in [0.15, 0.2) is 0 Å². The van der Waals surface area contributed by atoms with Crippen LogP contribution in [0.4, 0.5) is 0 Å². The molecule has 6 heteroatoms. The zero-order chi connectivity index (χ0) is 13.0. The summed E-state index contributed by atoms with van der Waals surface area (Å²) in [5.74, 6) is 5.48. The van der Waals surface area contributed by atoms with Crippen molar-refractivity contribution in [3.8, 4) is 0 Å². The van der Waals surface area contributed by atoms with Crippen LogP contribution in [0.1, 0.15) is 32.1 Å². The molecule has 0 atom stereocenters. The van der Waals surface area contributed by atoms with Crippen LogP contribution in [-0.2, 0) is 0 Å². The lowest BCUT2D eigenvalue weighted by atomic mass is 9.73. The lowest BCUT2D eigenvalue weighted by Crippen LogP contribution is -2.41. The monoisotopic (exact) mass is 372 g/mol. The summed E-state index contributed by atoms with van der Waals surface area (Å²) < 4.78 is 0. The van der Waals surface area contributed by atoms with E-state index in [0.29, 0.717) is 5.41 Å². The summed E-state index contributed by atoms with van der Waals surface area (Å²) in [6, 6.07) is 0.856. The van der Waals surface area contributed by atoms with Crippen LogP contribution in [0.3, 0.4) is 0 Å². The minimum Gasteiger partial charge on any atom is -0.317 e. The maximum absolute atomic E-state index is 3.54. The molecule has 3 heterocycles. The van der Waals surface area contributed by atoms with Gasteiger partial charge in [-0.25, -0.2) is 0 Å². The van der Waals surface area contributed by atoms with E-state index in [1.165, 1.54) is 81.3 Å². The van der Waals surface area contributed by atoms with Crippen molar-refractivity contribution in [2.24, 2.45) is 5.41 Å². The average Bonchev–Trinajstić information content (AvgIpc) is 2.81. The van der Waals surface area contributed by atoms with Crippen LogP contribution < -0.4 is 5.32 Å². The fraction of sp³-hybridized carbons (Fsp3) is 1.00. The van der Waals surface area contributed by atoms with Crippen LogP contribution in [0.5, 0.6) is 0 Å². The van der Waals surface area contributed by atoms with E-state index in [4.69, 9.17) is 0 Å². The summed E-state index contributed by atoms with van der Waals surface area (Å²) >= 11 is 4.36. The summed E-state index contributed by atoms with van der Waals surface area (Å²) in [4.78, 5) is 2.84. The molecular weight excluding hydrogens is 343 g/mol. The Hall–Kier alpha value is 1.20. The maximum Gasteiger partial charge on any atom is 0.0276 e. The first-order valence-electron chi connectivity index (χ1n) is 7.98. The summed E-state index contributed by atoms with van der Waals surface area (Å²) in [6.45, 7) is 5.25. The molecule has 21 heavy (non-hydrogen) atoms. The molecule has 0 aliphatic carbocycles. The largest absolute Gasteiger partial charge is 0.317 e. The van der Waals surface area contributed by atoms with Crippen LogP contribution in [-0.4, -0.2) is 60.1 Å². The number of nitrogens with one attached hydrogen (secondary N) is 1. The SMILES string of the molecule is C1CN(C2CSCCSC2)CCC2(C1)CCNCC2.Cl.Cl. The highest BCUT2D eigenvalue weighted by Crippen LogP contribution is 2.40. The van der Waals surface area contributed by atoms with E-state index in [-0.39, 0.29) is 24.8 Å². The van der Waals surface area contributed by atoms with Crippen molar-refractivity contribution in [2.75, 3.05) is 49.2 Å². The van der Waals surface area contributed by atoms with E-state index in [1.807, 2.05) is 0 Å². The Morgan fingerprint density at radius 2 is 1.52 bits per heavy atom. The second kappa shape index (κ2) is 10.1. The fourth-order valence-corrected chi connectivity index (χ4v) is 6.54. The maximum atomic E-state index is 3.54. The standard InChI is InChI=1S/C15H28N2S2.2ClH/c1-2-15(3-6-16-7-4-15)5-9-17(8-1)14-12-18-10-11-19-13-14;;/h14,16H,1-13H2;2*1H. The molecule has 0 aromatic rings. The molecule has 0 unspecified atom stereocenters. The summed E-state index contributed by atoms with van der Waals surface area (Å²) in [5, 5.41) is 3.54. The lowest BCUT2D eigenvalue weighted by molar-refractivity contribution is 0.162. The number of halogens is 2. The predicted molar refractivity (Wildman–Crippen MR) is 103 cm³/mol. The number of piperidine rings is 1. The minimum absolute atomic E-state index is 0. The molecule has 3 aliphatic rings. The Bertz CT molecular complexity index is 281. The molecule has 0 aromatic carbocycles. The van der Waals surface area contributed by atoms with Gasteiger partial charge in [0.05, 0.1) is 0 Å². The van der Waals surface area contributed by atoms with Crippen LogP contribution in [0, 0.1) is 5.41 Å². The van der Waals surface area contributed by atoms with Gasteiger partial charge in [0.25, 0.3) is 0 Å². The van der Waals surface area contributed by atoms with Gasteiger partial charge in [0.15, 0.2) is 0 Å². The molecule has 0 aromatic heterocycles. The third-order valence-corrected chi connectivity index (χ3v) is 7.74. The van der Waals surface area contributed by atoms with E-state index in [9.17, 15) is 0 Å². The van der Waals surface area contributed by atoms with Gasteiger partial charge in [0.1, 0.15) is 0 Å². The van der Waals surface area contributed by atoms with Crippen molar-refractivity contribution >= 4 is 48.3 Å². The molecule has 3 fully saturated rings. The van der Waals surface area contributed by atoms with Gasteiger partial charge in [-0.2, -0.15) is 23.5 Å². The van der Waals surface area contributed by atoms with Crippen LogP contribution >= 0.6 is 48.3 Å². The van der Waals surface area contributed by atoms with Crippen LogP contribution in [0.2, 0.25) is 0 Å². The minimum atomic E-state index is 0.